The number of nitrogen functional groups attached to an aromatic ring is 1. The first-order valence-corrected chi connectivity index (χ1v) is 6.31. The number of halogens is 1. The van der Waals surface area contributed by atoms with Crippen LogP contribution < -0.4 is 11.1 Å². The second kappa shape index (κ2) is 4.81. The van der Waals surface area contributed by atoms with Crippen LogP contribution in [0.1, 0.15) is 5.56 Å². The third kappa shape index (κ3) is 2.16. The molecule has 1 aromatic heterocycles. The number of fused-ring (bicyclic) bond motifs is 1. The van der Waals surface area contributed by atoms with Gasteiger partial charge in [0.1, 0.15) is 11.6 Å². The number of nitrogens with two attached hydrogens (primary N) is 1. The number of nitrogens with zero attached hydrogens (tertiary/aromatic N) is 1. The van der Waals surface area contributed by atoms with Crippen LogP contribution in [0.25, 0.3) is 10.8 Å². The minimum absolute atomic E-state index is 0.263. The summed E-state index contributed by atoms with van der Waals surface area (Å²) in [5, 5.41) is 5.09. The number of rotatable bonds is 2. The van der Waals surface area contributed by atoms with Crippen LogP contribution >= 0.6 is 0 Å². The molecule has 3 aromatic rings. The average molecular weight is 267 g/mol. The minimum atomic E-state index is -0.263. The van der Waals surface area contributed by atoms with Crippen molar-refractivity contribution in [2.75, 3.05) is 11.1 Å². The Balaban J connectivity index is 2.08. The monoisotopic (exact) mass is 267 g/mol. The van der Waals surface area contributed by atoms with Gasteiger partial charge in [-0.05, 0) is 42.8 Å². The third-order valence-corrected chi connectivity index (χ3v) is 3.31. The van der Waals surface area contributed by atoms with E-state index in [2.05, 4.69) is 10.3 Å². The van der Waals surface area contributed by atoms with Crippen LogP contribution in [-0.2, 0) is 0 Å². The van der Waals surface area contributed by atoms with E-state index < -0.39 is 0 Å². The van der Waals surface area contributed by atoms with Gasteiger partial charge >= 0.3 is 0 Å². The van der Waals surface area contributed by atoms with Crippen molar-refractivity contribution in [2.24, 2.45) is 0 Å². The van der Waals surface area contributed by atoms with Crippen molar-refractivity contribution in [1.82, 2.24) is 4.98 Å². The number of hydrogen-bond donors (Lipinski definition) is 2. The Kier molecular flexibility index (Phi) is 2.99. The SMILES string of the molecule is Cc1ccc2c(Nc3ccc(F)cc3)nccc2c1N. The van der Waals surface area contributed by atoms with Gasteiger partial charge in [0, 0.05) is 28.3 Å². The predicted molar refractivity (Wildman–Crippen MR) is 80.6 cm³/mol. The number of aromatic nitrogens is 1. The Hall–Kier alpha value is -2.62. The standard InChI is InChI=1S/C16H14FN3/c1-10-2-7-14-13(15(10)18)8-9-19-16(14)20-12-5-3-11(17)4-6-12/h2-9H,18H2,1H3,(H,19,20). The normalized spacial score (nSPS) is 10.7. The van der Waals surface area contributed by atoms with Gasteiger partial charge in [0.05, 0.1) is 0 Å². The molecule has 3 N–H and O–H groups in total. The lowest BCUT2D eigenvalue weighted by atomic mass is 10.1. The van der Waals surface area contributed by atoms with E-state index in [1.807, 2.05) is 25.1 Å². The number of aryl methyl sites for hydroxylation is 1. The van der Waals surface area contributed by atoms with Crippen molar-refractivity contribution in [2.45, 2.75) is 6.92 Å². The summed E-state index contributed by atoms with van der Waals surface area (Å²) in [7, 11) is 0. The van der Waals surface area contributed by atoms with Crippen molar-refractivity contribution < 1.29 is 4.39 Å². The van der Waals surface area contributed by atoms with E-state index in [1.165, 1.54) is 12.1 Å². The second-order valence-corrected chi connectivity index (χ2v) is 4.68. The molecule has 0 amide bonds. The molecular weight excluding hydrogens is 253 g/mol. The second-order valence-electron chi connectivity index (χ2n) is 4.68. The molecule has 0 saturated heterocycles. The minimum Gasteiger partial charge on any atom is -0.398 e. The van der Waals surface area contributed by atoms with Crippen molar-refractivity contribution in [3.63, 3.8) is 0 Å². The number of benzene rings is 2. The van der Waals surface area contributed by atoms with Crippen LogP contribution in [0.2, 0.25) is 0 Å². The summed E-state index contributed by atoms with van der Waals surface area (Å²) >= 11 is 0. The van der Waals surface area contributed by atoms with E-state index in [9.17, 15) is 4.39 Å². The molecule has 0 aliphatic carbocycles. The van der Waals surface area contributed by atoms with E-state index >= 15 is 0 Å². The molecule has 0 spiro atoms. The smallest absolute Gasteiger partial charge is 0.138 e. The fourth-order valence-corrected chi connectivity index (χ4v) is 2.16. The highest BCUT2D eigenvalue weighted by atomic mass is 19.1. The molecule has 0 fully saturated rings. The first kappa shape index (κ1) is 12.4. The van der Waals surface area contributed by atoms with E-state index in [0.717, 1.165) is 27.7 Å². The van der Waals surface area contributed by atoms with Crippen LogP contribution in [0.3, 0.4) is 0 Å². The lowest BCUT2D eigenvalue weighted by Gasteiger charge is -2.11. The van der Waals surface area contributed by atoms with Gasteiger partial charge in [-0.15, -0.1) is 0 Å². The number of anilines is 3. The highest BCUT2D eigenvalue weighted by molar-refractivity contribution is 6.01. The third-order valence-electron chi connectivity index (χ3n) is 3.31. The van der Waals surface area contributed by atoms with E-state index in [1.54, 1.807) is 18.3 Å². The summed E-state index contributed by atoms with van der Waals surface area (Å²) in [5.41, 5.74) is 8.67. The van der Waals surface area contributed by atoms with Gasteiger partial charge in [0.25, 0.3) is 0 Å². The molecule has 4 heteroatoms. The van der Waals surface area contributed by atoms with Gasteiger partial charge in [-0.25, -0.2) is 9.37 Å². The average Bonchev–Trinajstić information content (AvgIpc) is 2.46. The quantitative estimate of drug-likeness (QED) is 0.690. The Morgan fingerprint density at radius 1 is 1.00 bits per heavy atom. The van der Waals surface area contributed by atoms with Gasteiger partial charge in [0.2, 0.25) is 0 Å². The molecule has 0 unspecified atom stereocenters. The summed E-state index contributed by atoms with van der Waals surface area (Å²) in [6, 6.07) is 12.0. The topological polar surface area (TPSA) is 50.9 Å². The van der Waals surface area contributed by atoms with Crippen LogP contribution in [0, 0.1) is 12.7 Å². The molecule has 0 bridgehead atoms. The Morgan fingerprint density at radius 2 is 1.75 bits per heavy atom. The van der Waals surface area contributed by atoms with Crippen molar-refractivity contribution in [3.8, 4) is 0 Å². The fourth-order valence-electron chi connectivity index (χ4n) is 2.16. The first-order chi connectivity index (χ1) is 9.65. The largest absolute Gasteiger partial charge is 0.398 e. The molecule has 20 heavy (non-hydrogen) atoms. The van der Waals surface area contributed by atoms with Gasteiger partial charge in [0.15, 0.2) is 0 Å². The molecule has 3 rings (SSSR count). The van der Waals surface area contributed by atoms with E-state index in [-0.39, 0.29) is 5.82 Å². The van der Waals surface area contributed by atoms with E-state index in [4.69, 9.17) is 5.73 Å². The summed E-state index contributed by atoms with van der Waals surface area (Å²) in [6.07, 6.45) is 1.71. The molecule has 0 atom stereocenters. The first-order valence-electron chi connectivity index (χ1n) is 6.31. The molecular formula is C16H14FN3. The molecule has 0 aliphatic heterocycles. The van der Waals surface area contributed by atoms with Crippen molar-refractivity contribution in [3.05, 3.63) is 60.0 Å². The molecule has 0 saturated carbocycles. The van der Waals surface area contributed by atoms with Crippen LogP contribution in [-0.4, -0.2) is 4.98 Å². The van der Waals surface area contributed by atoms with Crippen LogP contribution in [0.5, 0.6) is 0 Å². The number of pyridine rings is 1. The summed E-state index contributed by atoms with van der Waals surface area (Å²) in [5.74, 6) is 0.446. The maximum Gasteiger partial charge on any atom is 0.138 e. The van der Waals surface area contributed by atoms with E-state index in [0.29, 0.717) is 5.82 Å². The molecule has 0 aliphatic rings. The van der Waals surface area contributed by atoms with Gasteiger partial charge in [-0.3, -0.25) is 0 Å². The van der Waals surface area contributed by atoms with Gasteiger partial charge in [-0.2, -0.15) is 0 Å². The highest BCUT2D eigenvalue weighted by Gasteiger charge is 2.06. The molecule has 1 heterocycles. The maximum absolute atomic E-state index is 12.9. The van der Waals surface area contributed by atoms with Crippen LogP contribution in [0.4, 0.5) is 21.6 Å². The van der Waals surface area contributed by atoms with Crippen molar-refractivity contribution >= 4 is 28.0 Å². The number of nitrogens with one attached hydrogen (secondary N) is 1. The fraction of sp³-hybridized carbons (Fsp3) is 0.0625. The summed E-state index contributed by atoms with van der Waals surface area (Å²) in [4.78, 5) is 4.33. The lowest BCUT2D eigenvalue weighted by Crippen LogP contribution is -1.97. The molecule has 100 valence electrons. The zero-order valence-electron chi connectivity index (χ0n) is 11.0. The summed E-state index contributed by atoms with van der Waals surface area (Å²) in [6.45, 7) is 1.97. The van der Waals surface area contributed by atoms with Gasteiger partial charge in [-0.1, -0.05) is 12.1 Å². The Morgan fingerprint density at radius 3 is 2.50 bits per heavy atom. The Bertz CT molecular complexity index is 767. The summed E-state index contributed by atoms with van der Waals surface area (Å²) < 4.78 is 12.9. The highest BCUT2D eigenvalue weighted by Crippen LogP contribution is 2.29. The molecule has 2 aromatic carbocycles. The predicted octanol–water partition coefficient (Wildman–Crippen LogP) is 4.01. The van der Waals surface area contributed by atoms with Crippen LogP contribution in [0.15, 0.2) is 48.7 Å². The zero-order valence-corrected chi connectivity index (χ0v) is 11.0. The van der Waals surface area contributed by atoms with Gasteiger partial charge < -0.3 is 11.1 Å². The Labute approximate surface area is 116 Å². The zero-order chi connectivity index (χ0) is 14.1. The number of hydrogen-bond acceptors (Lipinski definition) is 3. The van der Waals surface area contributed by atoms with Crippen molar-refractivity contribution in [1.29, 1.82) is 0 Å². The maximum atomic E-state index is 12.9. The lowest BCUT2D eigenvalue weighted by molar-refractivity contribution is 0.628. The molecule has 3 nitrogen and oxygen atoms in total. The molecule has 0 radical (unpaired) electrons.